The van der Waals surface area contributed by atoms with E-state index in [2.05, 4.69) is 39.8 Å². The smallest absolute Gasteiger partial charge is 0.352 e. The summed E-state index contributed by atoms with van der Waals surface area (Å²) in [6.07, 6.45) is 5.89. The minimum Gasteiger partial charge on any atom is -0.352 e. The van der Waals surface area contributed by atoms with E-state index in [9.17, 15) is 22.8 Å². The Labute approximate surface area is 269 Å². The van der Waals surface area contributed by atoms with Crippen LogP contribution in [0.1, 0.15) is 68.1 Å². The molecule has 1 aliphatic heterocycles. The van der Waals surface area contributed by atoms with Crippen LogP contribution < -0.4 is 10.6 Å². The second-order valence-electron chi connectivity index (χ2n) is 13.0. The number of fused-ring (bicyclic) bond motifs is 3. The lowest BCUT2D eigenvalue weighted by molar-refractivity contribution is -0.141. The van der Waals surface area contributed by atoms with Crippen molar-refractivity contribution in [1.29, 1.82) is 0 Å². The number of carbonyl (C=O) groups excluding carboxylic acids is 2. The Bertz CT molecular complexity index is 1520. The van der Waals surface area contributed by atoms with Gasteiger partial charge in [-0.3, -0.25) is 9.59 Å². The molecule has 1 fully saturated rings. The maximum absolute atomic E-state index is 13.7. The van der Waals surface area contributed by atoms with Gasteiger partial charge in [0.15, 0.2) is 0 Å². The van der Waals surface area contributed by atoms with Crippen LogP contribution in [-0.2, 0) is 20.4 Å². The van der Waals surface area contributed by atoms with Crippen LogP contribution in [-0.4, -0.2) is 55.1 Å². The molecule has 242 valence electrons. The standard InChI is InChI=1S/C38H42F3N3O2/c39-38(40,41)27-42-35(46)37(32-17-7-5-15-30(32)31-16-6-8-18-33(31)37)23-11-12-24-44-25-19-29(20-26-44)43-34(45)36(21-9-2-10-22-36)28-13-3-1-4-14-28/h1-9,13-18,29H,10-12,19-27H2,(H,42,46)(H,43,45). The molecule has 5 nitrogen and oxygen atoms in total. The van der Waals surface area contributed by atoms with Crippen LogP contribution in [0.5, 0.6) is 0 Å². The molecule has 3 aromatic rings. The molecule has 6 rings (SSSR count). The van der Waals surface area contributed by atoms with Crippen LogP contribution >= 0.6 is 0 Å². The van der Waals surface area contributed by atoms with E-state index in [4.69, 9.17) is 0 Å². The highest BCUT2D eigenvalue weighted by molar-refractivity contribution is 6.00. The van der Waals surface area contributed by atoms with Crippen molar-refractivity contribution in [3.63, 3.8) is 0 Å². The monoisotopic (exact) mass is 629 g/mol. The molecular weight excluding hydrogens is 587 g/mol. The predicted molar refractivity (Wildman–Crippen MR) is 174 cm³/mol. The number of amides is 2. The van der Waals surface area contributed by atoms with Crippen LogP contribution in [0.2, 0.25) is 0 Å². The van der Waals surface area contributed by atoms with Crippen molar-refractivity contribution in [1.82, 2.24) is 15.5 Å². The number of carbonyl (C=O) groups is 2. The number of likely N-dealkylation sites (tertiary alicyclic amines) is 1. The zero-order valence-electron chi connectivity index (χ0n) is 26.1. The molecule has 0 spiro atoms. The highest BCUT2D eigenvalue weighted by Gasteiger charge is 2.49. The number of nitrogens with one attached hydrogen (secondary N) is 2. The number of hydrogen-bond acceptors (Lipinski definition) is 3. The molecule has 0 aromatic heterocycles. The Morgan fingerprint density at radius 2 is 1.43 bits per heavy atom. The molecule has 3 aromatic carbocycles. The molecule has 0 saturated carbocycles. The maximum Gasteiger partial charge on any atom is 0.405 e. The Balaban J connectivity index is 1.07. The largest absolute Gasteiger partial charge is 0.405 e. The van der Waals surface area contributed by atoms with Gasteiger partial charge in [0.2, 0.25) is 11.8 Å². The van der Waals surface area contributed by atoms with Crippen LogP contribution in [0, 0.1) is 0 Å². The number of allylic oxidation sites excluding steroid dienone is 2. The number of unbranched alkanes of at least 4 members (excludes halogenated alkanes) is 1. The second-order valence-corrected chi connectivity index (χ2v) is 13.0. The van der Waals surface area contributed by atoms with Crippen LogP contribution in [0.3, 0.4) is 0 Å². The van der Waals surface area contributed by atoms with E-state index in [-0.39, 0.29) is 11.9 Å². The van der Waals surface area contributed by atoms with Crippen molar-refractivity contribution in [2.45, 2.75) is 74.4 Å². The Kier molecular flexibility index (Phi) is 9.37. The van der Waals surface area contributed by atoms with E-state index in [1.165, 1.54) is 0 Å². The summed E-state index contributed by atoms with van der Waals surface area (Å²) in [5.74, 6) is -0.478. The average Bonchev–Trinajstić information content (AvgIpc) is 3.37. The summed E-state index contributed by atoms with van der Waals surface area (Å²) in [5, 5.41) is 5.61. The normalized spacial score (nSPS) is 20.9. The van der Waals surface area contributed by atoms with E-state index < -0.39 is 29.5 Å². The van der Waals surface area contributed by atoms with Gasteiger partial charge in [-0.15, -0.1) is 0 Å². The van der Waals surface area contributed by atoms with E-state index in [1.807, 2.05) is 66.7 Å². The van der Waals surface area contributed by atoms with Gasteiger partial charge < -0.3 is 15.5 Å². The molecule has 1 saturated heterocycles. The highest BCUT2D eigenvalue weighted by atomic mass is 19.4. The zero-order chi connectivity index (χ0) is 32.2. The fourth-order valence-corrected chi connectivity index (χ4v) is 7.83. The summed E-state index contributed by atoms with van der Waals surface area (Å²) < 4.78 is 39.5. The first-order chi connectivity index (χ1) is 22.2. The fourth-order valence-electron chi connectivity index (χ4n) is 7.83. The molecule has 46 heavy (non-hydrogen) atoms. The first-order valence-electron chi connectivity index (χ1n) is 16.5. The zero-order valence-corrected chi connectivity index (χ0v) is 26.1. The number of alkyl halides is 3. The third-order valence-corrected chi connectivity index (χ3v) is 10.2. The van der Waals surface area contributed by atoms with Crippen molar-refractivity contribution in [3.05, 3.63) is 108 Å². The molecule has 2 amide bonds. The minimum absolute atomic E-state index is 0.118. The quantitative estimate of drug-likeness (QED) is 0.187. The molecule has 3 aliphatic rings. The summed E-state index contributed by atoms with van der Waals surface area (Å²) in [6, 6.07) is 25.4. The SMILES string of the molecule is O=C(NC1CCN(CCCCC2(C(=O)NCC(F)(F)F)c3ccccc3-c3ccccc32)CC1)C1(c2ccccc2)CC=CCC1. The maximum atomic E-state index is 13.7. The van der Waals surface area contributed by atoms with Crippen molar-refractivity contribution < 1.29 is 22.8 Å². The van der Waals surface area contributed by atoms with Crippen LogP contribution in [0.15, 0.2) is 91.0 Å². The summed E-state index contributed by atoms with van der Waals surface area (Å²) in [7, 11) is 0. The molecule has 1 atom stereocenters. The van der Waals surface area contributed by atoms with Crippen LogP contribution in [0.25, 0.3) is 11.1 Å². The lowest BCUT2D eigenvalue weighted by atomic mass is 9.71. The number of nitrogens with zero attached hydrogens (tertiary/aromatic N) is 1. The Hall–Kier alpha value is -3.91. The van der Waals surface area contributed by atoms with Crippen LogP contribution in [0.4, 0.5) is 13.2 Å². The van der Waals surface area contributed by atoms with Gasteiger partial charge in [0.1, 0.15) is 12.0 Å². The molecule has 1 heterocycles. The van der Waals surface area contributed by atoms with Crippen molar-refractivity contribution in [2.24, 2.45) is 0 Å². The molecule has 0 bridgehead atoms. The third kappa shape index (κ3) is 6.37. The molecule has 1 unspecified atom stereocenters. The second kappa shape index (κ2) is 13.4. The van der Waals surface area contributed by atoms with Gasteiger partial charge in [0.25, 0.3) is 0 Å². The topological polar surface area (TPSA) is 61.4 Å². The van der Waals surface area contributed by atoms with E-state index >= 15 is 0 Å². The third-order valence-electron chi connectivity index (χ3n) is 10.2. The molecule has 0 radical (unpaired) electrons. The van der Waals surface area contributed by atoms with Gasteiger partial charge in [-0.2, -0.15) is 13.2 Å². The van der Waals surface area contributed by atoms with Crippen molar-refractivity contribution in [3.8, 4) is 11.1 Å². The fraction of sp³-hybridized carbons (Fsp3) is 0.421. The summed E-state index contributed by atoms with van der Waals surface area (Å²) in [6.45, 7) is 1.22. The molecular formula is C38H42F3N3O2. The summed E-state index contributed by atoms with van der Waals surface area (Å²) >= 11 is 0. The number of hydrogen-bond donors (Lipinski definition) is 2. The summed E-state index contributed by atoms with van der Waals surface area (Å²) in [4.78, 5) is 29.8. The lowest BCUT2D eigenvalue weighted by Crippen LogP contribution is -2.51. The number of rotatable bonds is 10. The van der Waals surface area contributed by atoms with Gasteiger partial charge in [-0.05, 0) is 79.3 Å². The minimum atomic E-state index is -4.49. The average molecular weight is 630 g/mol. The first-order valence-corrected chi connectivity index (χ1v) is 16.5. The lowest BCUT2D eigenvalue weighted by Gasteiger charge is -2.38. The number of halogens is 3. The van der Waals surface area contributed by atoms with E-state index in [0.29, 0.717) is 19.3 Å². The van der Waals surface area contributed by atoms with Gasteiger partial charge in [0, 0.05) is 19.1 Å². The Morgan fingerprint density at radius 3 is 2.04 bits per heavy atom. The van der Waals surface area contributed by atoms with Crippen molar-refractivity contribution >= 4 is 11.8 Å². The van der Waals surface area contributed by atoms with Gasteiger partial charge in [0.05, 0.1) is 5.41 Å². The van der Waals surface area contributed by atoms with Gasteiger partial charge in [-0.1, -0.05) is 97.4 Å². The van der Waals surface area contributed by atoms with Gasteiger partial charge in [-0.25, -0.2) is 0 Å². The number of benzene rings is 3. The molecule has 2 aliphatic carbocycles. The Morgan fingerprint density at radius 1 is 0.804 bits per heavy atom. The highest BCUT2D eigenvalue weighted by Crippen LogP contribution is 2.51. The molecule has 2 N–H and O–H groups in total. The van der Waals surface area contributed by atoms with E-state index in [1.54, 1.807) is 0 Å². The van der Waals surface area contributed by atoms with Crippen molar-refractivity contribution in [2.75, 3.05) is 26.2 Å². The number of piperidine rings is 1. The predicted octanol–water partition coefficient (Wildman–Crippen LogP) is 7.06. The van der Waals surface area contributed by atoms with E-state index in [0.717, 1.165) is 79.6 Å². The summed E-state index contributed by atoms with van der Waals surface area (Å²) in [5.41, 5.74) is 2.74. The van der Waals surface area contributed by atoms with Gasteiger partial charge >= 0.3 is 6.18 Å². The molecule has 8 heteroatoms. The first kappa shape index (κ1) is 32.0.